The quantitative estimate of drug-likeness (QED) is 0.832. The summed E-state index contributed by atoms with van der Waals surface area (Å²) in [4.78, 5) is 0.442. The molecular weight excluding hydrogens is 270 g/mol. The van der Waals surface area contributed by atoms with Crippen LogP contribution in [-0.2, 0) is 16.4 Å². The van der Waals surface area contributed by atoms with Crippen LogP contribution in [0.15, 0.2) is 29.2 Å². The highest BCUT2D eigenvalue weighted by Crippen LogP contribution is 2.27. The number of hydrogen-bond donors (Lipinski definition) is 0. The number of sulfonamides is 1. The molecule has 1 aliphatic heterocycles. The smallest absolute Gasteiger partial charge is 0.207 e. The summed E-state index contributed by atoms with van der Waals surface area (Å²) in [6, 6.07) is 7.59. The zero-order chi connectivity index (χ0) is 14.6. The Labute approximate surface area is 123 Å². The van der Waals surface area contributed by atoms with E-state index in [4.69, 9.17) is 0 Å². The van der Waals surface area contributed by atoms with E-state index < -0.39 is 10.0 Å². The van der Waals surface area contributed by atoms with Crippen LogP contribution >= 0.6 is 0 Å². The van der Waals surface area contributed by atoms with E-state index in [2.05, 4.69) is 13.8 Å². The Morgan fingerprint density at radius 2 is 1.85 bits per heavy atom. The molecule has 0 aromatic heterocycles. The minimum atomic E-state index is -3.32. The lowest BCUT2D eigenvalue weighted by Crippen LogP contribution is -2.43. The Morgan fingerprint density at radius 3 is 2.45 bits per heavy atom. The second-order valence-corrected chi connectivity index (χ2v) is 7.46. The van der Waals surface area contributed by atoms with E-state index in [1.807, 2.05) is 12.1 Å². The van der Waals surface area contributed by atoms with Crippen LogP contribution in [0.2, 0.25) is 0 Å². The molecule has 20 heavy (non-hydrogen) atoms. The van der Waals surface area contributed by atoms with E-state index in [1.54, 1.807) is 16.4 Å². The van der Waals surface area contributed by atoms with Crippen molar-refractivity contribution in [3.8, 4) is 0 Å². The summed E-state index contributed by atoms with van der Waals surface area (Å²) in [6.07, 6.45) is 6.08. The van der Waals surface area contributed by atoms with E-state index in [9.17, 15) is 8.42 Å². The zero-order valence-corrected chi connectivity index (χ0v) is 13.3. The number of benzene rings is 1. The summed E-state index contributed by atoms with van der Waals surface area (Å²) in [6.45, 7) is 4.87. The average Bonchev–Trinajstić information content (AvgIpc) is 2.48. The molecule has 4 heteroatoms. The van der Waals surface area contributed by atoms with Crippen molar-refractivity contribution in [2.75, 3.05) is 6.54 Å². The highest BCUT2D eigenvalue weighted by molar-refractivity contribution is 7.89. The molecule has 1 fully saturated rings. The molecule has 112 valence electrons. The van der Waals surface area contributed by atoms with Crippen LogP contribution in [0.1, 0.15) is 51.5 Å². The van der Waals surface area contributed by atoms with Crippen molar-refractivity contribution in [2.45, 2.75) is 63.3 Å². The molecule has 0 bridgehead atoms. The largest absolute Gasteiger partial charge is 0.243 e. The van der Waals surface area contributed by atoms with Gasteiger partial charge in [0.2, 0.25) is 10.0 Å². The van der Waals surface area contributed by atoms with E-state index in [-0.39, 0.29) is 6.04 Å². The maximum atomic E-state index is 12.8. The van der Waals surface area contributed by atoms with Crippen molar-refractivity contribution in [3.05, 3.63) is 29.8 Å². The first-order valence-corrected chi connectivity index (χ1v) is 9.14. The first-order valence-electron chi connectivity index (χ1n) is 7.70. The number of piperidine rings is 1. The SMILES string of the molecule is CCCc1ccc(S(=O)(=O)N2CCCC[C@H]2CC)cc1. The van der Waals surface area contributed by atoms with Gasteiger partial charge in [-0.05, 0) is 43.4 Å². The fourth-order valence-electron chi connectivity index (χ4n) is 2.95. The van der Waals surface area contributed by atoms with Gasteiger partial charge in [-0.3, -0.25) is 0 Å². The first-order chi connectivity index (χ1) is 9.59. The molecule has 0 saturated carbocycles. The van der Waals surface area contributed by atoms with Crippen molar-refractivity contribution in [1.29, 1.82) is 0 Å². The van der Waals surface area contributed by atoms with Gasteiger partial charge in [0.15, 0.2) is 0 Å². The predicted molar refractivity (Wildman–Crippen MR) is 82.3 cm³/mol. The van der Waals surface area contributed by atoms with Gasteiger partial charge in [0.1, 0.15) is 0 Å². The molecule has 1 aliphatic rings. The van der Waals surface area contributed by atoms with Crippen LogP contribution in [0.4, 0.5) is 0 Å². The van der Waals surface area contributed by atoms with Gasteiger partial charge in [-0.15, -0.1) is 0 Å². The van der Waals surface area contributed by atoms with E-state index in [0.717, 1.165) is 38.5 Å². The molecule has 0 amide bonds. The minimum Gasteiger partial charge on any atom is -0.207 e. The number of nitrogens with zero attached hydrogens (tertiary/aromatic N) is 1. The van der Waals surface area contributed by atoms with Crippen molar-refractivity contribution in [2.24, 2.45) is 0 Å². The molecule has 0 unspecified atom stereocenters. The molecule has 0 N–H and O–H groups in total. The molecule has 0 spiro atoms. The summed E-state index contributed by atoms with van der Waals surface area (Å²) in [5.74, 6) is 0. The summed E-state index contributed by atoms with van der Waals surface area (Å²) >= 11 is 0. The summed E-state index contributed by atoms with van der Waals surface area (Å²) in [5, 5.41) is 0. The molecule has 2 rings (SSSR count). The Balaban J connectivity index is 2.24. The van der Waals surface area contributed by atoms with Crippen LogP contribution in [0.3, 0.4) is 0 Å². The Hall–Kier alpha value is -0.870. The van der Waals surface area contributed by atoms with Gasteiger partial charge in [0, 0.05) is 12.6 Å². The monoisotopic (exact) mass is 295 g/mol. The third-order valence-corrected chi connectivity index (χ3v) is 6.08. The molecule has 3 nitrogen and oxygen atoms in total. The van der Waals surface area contributed by atoms with E-state index >= 15 is 0 Å². The second kappa shape index (κ2) is 6.72. The summed E-state index contributed by atoms with van der Waals surface area (Å²) < 4.78 is 27.2. The molecule has 0 radical (unpaired) electrons. The van der Waals surface area contributed by atoms with Gasteiger partial charge in [-0.2, -0.15) is 4.31 Å². The maximum absolute atomic E-state index is 12.8. The first kappa shape index (κ1) is 15.5. The van der Waals surface area contributed by atoms with Crippen LogP contribution in [-0.4, -0.2) is 25.3 Å². The Bertz CT molecular complexity index is 522. The topological polar surface area (TPSA) is 37.4 Å². The highest BCUT2D eigenvalue weighted by atomic mass is 32.2. The Morgan fingerprint density at radius 1 is 1.15 bits per heavy atom. The van der Waals surface area contributed by atoms with Crippen LogP contribution in [0.25, 0.3) is 0 Å². The van der Waals surface area contributed by atoms with Gasteiger partial charge in [-0.25, -0.2) is 8.42 Å². The lowest BCUT2D eigenvalue weighted by molar-refractivity contribution is 0.246. The molecular formula is C16H25NO2S. The molecule has 1 heterocycles. The van der Waals surface area contributed by atoms with Crippen molar-refractivity contribution in [3.63, 3.8) is 0 Å². The van der Waals surface area contributed by atoms with Gasteiger partial charge < -0.3 is 0 Å². The lowest BCUT2D eigenvalue weighted by Gasteiger charge is -2.34. The maximum Gasteiger partial charge on any atom is 0.243 e. The van der Waals surface area contributed by atoms with Crippen LogP contribution < -0.4 is 0 Å². The highest BCUT2D eigenvalue weighted by Gasteiger charge is 2.32. The minimum absolute atomic E-state index is 0.170. The normalized spacial score (nSPS) is 21.0. The van der Waals surface area contributed by atoms with E-state index in [0.29, 0.717) is 11.4 Å². The standard InChI is InChI=1S/C16H25NO2S/c1-3-7-14-9-11-16(12-10-14)20(18,19)17-13-6-5-8-15(17)4-2/h9-12,15H,3-8,13H2,1-2H3/t15-/m1/s1. The summed E-state index contributed by atoms with van der Waals surface area (Å²) in [5.41, 5.74) is 1.21. The van der Waals surface area contributed by atoms with E-state index in [1.165, 1.54) is 5.56 Å². The molecule has 1 saturated heterocycles. The Kier molecular flexibility index (Phi) is 5.22. The van der Waals surface area contributed by atoms with Crippen molar-refractivity contribution in [1.82, 2.24) is 4.31 Å². The lowest BCUT2D eigenvalue weighted by atomic mass is 10.0. The average molecular weight is 295 g/mol. The van der Waals surface area contributed by atoms with Gasteiger partial charge in [-0.1, -0.05) is 38.8 Å². The number of rotatable bonds is 5. The second-order valence-electron chi connectivity index (χ2n) is 5.57. The van der Waals surface area contributed by atoms with Gasteiger partial charge >= 0.3 is 0 Å². The number of hydrogen-bond acceptors (Lipinski definition) is 2. The molecule has 0 aliphatic carbocycles. The molecule has 1 atom stereocenters. The van der Waals surface area contributed by atoms with Crippen LogP contribution in [0, 0.1) is 0 Å². The van der Waals surface area contributed by atoms with Crippen molar-refractivity contribution >= 4 is 10.0 Å². The van der Waals surface area contributed by atoms with Gasteiger partial charge in [0.25, 0.3) is 0 Å². The zero-order valence-electron chi connectivity index (χ0n) is 12.5. The molecule has 1 aromatic carbocycles. The molecule has 1 aromatic rings. The third kappa shape index (κ3) is 3.23. The van der Waals surface area contributed by atoms with Crippen LogP contribution in [0.5, 0.6) is 0 Å². The summed E-state index contributed by atoms with van der Waals surface area (Å²) in [7, 11) is -3.32. The van der Waals surface area contributed by atoms with Crippen molar-refractivity contribution < 1.29 is 8.42 Å². The fraction of sp³-hybridized carbons (Fsp3) is 0.625. The fourth-order valence-corrected chi connectivity index (χ4v) is 4.72. The number of aryl methyl sites for hydroxylation is 1. The van der Waals surface area contributed by atoms with Gasteiger partial charge in [0.05, 0.1) is 4.90 Å². The predicted octanol–water partition coefficient (Wildman–Crippen LogP) is 3.59. The third-order valence-electron chi connectivity index (χ3n) is 4.11.